The van der Waals surface area contributed by atoms with E-state index in [0.29, 0.717) is 17.1 Å². The van der Waals surface area contributed by atoms with E-state index in [1.54, 1.807) is 12.1 Å². The first-order chi connectivity index (χ1) is 6.74. The van der Waals surface area contributed by atoms with Crippen LogP contribution in [0.2, 0.25) is 5.02 Å². The van der Waals surface area contributed by atoms with Gasteiger partial charge in [0.1, 0.15) is 5.69 Å². The summed E-state index contributed by atoms with van der Waals surface area (Å²) in [6.45, 7) is 2.12. The van der Waals surface area contributed by atoms with Crippen LogP contribution in [0, 0.1) is 0 Å². The summed E-state index contributed by atoms with van der Waals surface area (Å²) in [4.78, 5) is 15.5. The summed E-state index contributed by atoms with van der Waals surface area (Å²) in [5.41, 5.74) is 0.519. The molecule has 3 heteroatoms. The minimum atomic E-state index is 0.107. The first-order valence-corrected chi connectivity index (χ1v) is 5.26. The smallest absolute Gasteiger partial charge is 0.181 e. The predicted molar refractivity (Wildman–Crippen MR) is 57.7 cm³/mol. The molecule has 0 aliphatic carbocycles. The zero-order valence-corrected chi connectivity index (χ0v) is 9.05. The Labute approximate surface area is 89.3 Å². The van der Waals surface area contributed by atoms with Crippen molar-refractivity contribution in [3.8, 4) is 0 Å². The Bertz CT molecular complexity index is 295. The fourth-order valence-electron chi connectivity index (χ4n) is 1.20. The molecular weight excluding hydrogens is 198 g/mol. The standard InChI is InChI=1S/C11H14ClNO/c1-2-3-4-5-11(14)10-7-6-9(12)8-13-10/h6-8H,2-5H2,1H3. The molecule has 0 N–H and O–H groups in total. The molecule has 0 fully saturated rings. The van der Waals surface area contributed by atoms with Gasteiger partial charge in [-0.05, 0) is 18.6 Å². The lowest BCUT2D eigenvalue weighted by atomic mass is 10.1. The second kappa shape index (κ2) is 5.76. The van der Waals surface area contributed by atoms with Crippen LogP contribution in [0.1, 0.15) is 43.1 Å². The molecule has 0 aliphatic heterocycles. The maximum atomic E-state index is 11.5. The summed E-state index contributed by atoms with van der Waals surface area (Å²) < 4.78 is 0. The second-order valence-electron chi connectivity index (χ2n) is 3.24. The molecule has 0 aromatic carbocycles. The van der Waals surface area contributed by atoms with Gasteiger partial charge >= 0.3 is 0 Å². The van der Waals surface area contributed by atoms with E-state index in [4.69, 9.17) is 11.6 Å². The van der Waals surface area contributed by atoms with Crippen LogP contribution >= 0.6 is 11.6 Å². The normalized spacial score (nSPS) is 10.1. The van der Waals surface area contributed by atoms with E-state index in [9.17, 15) is 4.79 Å². The van der Waals surface area contributed by atoms with Crippen LogP contribution in [-0.2, 0) is 0 Å². The molecule has 76 valence electrons. The van der Waals surface area contributed by atoms with E-state index in [0.717, 1.165) is 19.3 Å². The number of nitrogens with zero attached hydrogens (tertiary/aromatic N) is 1. The highest BCUT2D eigenvalue weighted by Gasteiger charge is 2.05. The number of hydrogen-bond acceptors (Lipinski definition) is 2. The number of carbonyl (C=O) groups is 1. The number of carbonyl (C=O) groups excluding carboxylic acids is 1. The molecule has 1 aromatic rings. The molecule has 0 bridgehead atoms. The molecule has 1 rings (SSSR count). The second-order valence-corrected chi connectivity index (χ2v) is 3.68. The molecule has 0 aliphatic rings. The van der Waals surface area contributed by atoms with Gasteiger partial charge in [-0.2, -0.15) is 0 Å². The van der Waals surface area contributed by atoms with Gasteiger partial charge in [0.05, 0.1) is 5.02 Å². The average Bonchev–Trinajstić information content (AvgIpc) is 2.19. The molecule has 0 spiro atoms. The maximum absolute atomic E-state index is 11.5. The van der Waals surface area contributed by atoms with Crippen LogP contribution in [0.15, 0.2) is 18.3 Å². The number of ketones is 1. The maximum Gasteiger partial charge on any atom is 0.181 e. The fraction of sp³-hybridized carbons (Fsp3) is 0.455. The van der Waals surface area contributed by atoms with Crippen molar-refractivity contribution in [3.63, 3.8) is 0 Å². The largest absolute Gasteiger partial charge is 0.292 e. The van der Waals surface area contributed by atoms with Crippen molar-refractivity contribution in [2.24, 2.45) is 0 Å². The number of halogens is 1. The highest BCUT2D eigenvalue weighted by Crippen LogP contribution is 2.09. The monoisotopic (exact) mass is 211 g/mol. The zero-order valence-electron chi connectivity index (χ0n) is 8.29. The van der Waals surface area contributed by atoms with Crippen molar-refractivity contribution in [3.05, 3.63) is 29.0 Å². The number of rotatable bonds is 5. The third kappa shape index (κ3) is 3.46. The topological polar surface area (TPSA) is 30.0 Å². The Hall–Kier alpha value is -0.890. The molecule has 1 aromatic heterocycles. The van der Waals surface area contributed by atoms with Crippen molar-refractivity contribution < 1.29 is 4.79 Å². The molecule has 0 atom stereocenters. The summed E-state index contributed by atoms with van der Waals surface area (Å²) in [7, 11) is 0. The van der Waals surface area contributed by atoms with Crippen LogP contribution in [0.4, 0.5) is 0 Å². The van der Waals surface area contributed by atoms with E-state index in [-0.39, 0.29) is 5.78 Å². The quantitative estimate of drug-likeness (QED) is 0.551. The van der Waals surface area contributed by atoms with E-state index in [1.807, 2.05) is 0 Å². The van der Waals surface area contributed by atoms with Crippen LogP contribution < -0.4 is 0 Å². The number of Topliss-reactive ketones (excluding diaryl/α,β-unsaturated/α-hetero) is 1. The van der Waals surface area contributed by atoms with Crippen molar-refractivity contribution in [2.45, 2.75) is 32.6 Å². The molecule has 0 saturated heterocycles. The van der Waals surface area contributed by atoms with Crippen molar-refractivity contribution >= 4 is 17.4 Å². The van der Waals surface area contributed by atoms with E-state index in [2.05, 4.69) is 11.9 Å². The number of pyridine rings is 1. The van der Waals surface area contributed by atoms with Gasteiger partial charge in [-0.15, -0.1) is 0 Å². The summed E-state index contributed by atoms with van der Waals surface area (Å²) in [6, 6.07) is 3.37. The van der Waals surface area contributed by atoms with E-state index >= 15 is 0 Å². The van der Waals surface area contributed by atoms with Gasteiger partial charge in [0.2, 0.25) is 0 Å². The minimum Gasteiger partial charge on any atom is -0.292 e. The number of hydrogen-bond donors (Lipinski definition) is 0. The van der Waals surface area contributed by atoms with Crippen LogP contribution in [0.5, 0.6) is 0 Å². The van der Waals surface area contributed by atoms with Crippen LogP contribution in [0.3, 0.4) is 0 Å². The summed E-state index contributed by atoms with van der Waals surface area (Å²) >= 11 is 5.67. The Balaban J connectivity index is 2.48. The molecule has 0 saturated carbocycles. The van der Waals surface area contributed by atoms with E-state index < -0.39 is 0 Å². The Morgan fingerprint density at radius 2 is 2.21 bits per heavy atom. The molecule has 0 unspecified atom stereocenters. The van der Waals surface area contributed by atoms with Gasteiger partial charge in [0, 0.05) is 12.6 Å². The first kappa shape index (κ1) is 11.2. The third-order valence-corrected chi connectivity index (χ3v) is 2.24. The molecule has 14 heavy (non-hydrogen) atoms. The molecular formula is C11H14ClNO. The fourth-order valence-corrected chi connectivity index (χ4v) is 1.32. The van der Waals surface area contributed by atoms with Crippen molar-refractivity contribution in [1.82, 2.24) is 4.98 Å². The lowest BCUT2D eigenvalue weighted by molar-refractivity contribution is 0.0974. The summed E-state index contributed by atoms with van der Waals surface area (Å²) in [5, 5.41) is 0.565. The molecule has 2 nitrogen and oxygen atoms in total. The summed E-state index contributed by atoms with van der Waals surface area (Å²) in [5.74, 6) is 0.107. The van der Waals surface area contributed by atoms with Crippen LogP contribution in [0.25, 0.3) is 0 Å². The minimum absolute atomic E-state index is 0.107. The highest BCUT2D eigenvalue weighted by atomic mass is 35.5. The number of unbranched alkanes of at least 4 members (excludes halogenated alkanes) is 2. The Morgan fingerprint density at radius 1 is 1.43 bits per heavy atom. The predicted octanol–water partition coefficient (Wildman–Crippen LogP) is 3.50. The van der Waals surface area contributed by atoms with Gasteiger partial charge in [-0.25, -0.2) is 0 Å². The molecule has 1 heterocycles. The van der Waals surface area contributed by atoms with Crippen molar-refractivity contribution in [2.75, 3.05) is 0 Å². The first-order valence-electron chi connectivity index (χ1n) is 4.88. The van der Waals surface area contributed by atoms with Gasteiger partial charge in [0.25, 0.3) is 0 Å². The van der Waals surface area contributed by atoms with Gasteiger partial charge in [-0.1, -0.05) is 31.4 Å². The van der Waals surface area contributed by atoms with Gasteiger partial charge in [-0.3, -0.25) is 9.78 Å². The molecule has 0 amide bonds. The van der Waals surface area contributed by atoms with Crippen LogP contribution in [-0.4, -0.2) is 10.8 Å². The lowest BCUT2D eigenvalue weighted by Gasteiger charge is -1.99. The average molecular weight is 212 g/mol. The highest BCUT2D eigenvalue weighted by molar-refractivity contribution is 6.30. The molecule has 0 radical (unpaired) electrons. The summed E-state index contributed by atoms with van der Waals surface area (Å²) in [6.07, 6.45) is 5.26. The van der Waals surface area contributed by atoms with Gasteiger partial charge < -0.3 is 0 Å². The SMILES string of the molecule is CCCCCC(=O)c1ccc(Cl)cn1. The van der Waals surface area contributed by atoms with Gasteiger partial charge in [0.15, 0.2) is 5.78 Å². The van der Waals surface area contributed by atoms with Crippen molar-refractivity contribution in [1.29, 1.82) is 0 Å². The Kier molecular flexibility index (Phi) is 4.60. The number of aromatic nitrogens is 1. The zero-order chi connectivity index (χ0) is 10.4. The Morgan fingerprint density at radius 3 is 2.79 bits per heavy atom. The third-order valence-electron chi connectivity index (χ3n) is 2.02. The van der Waals surface area contributed by atoms with E-state index in [1.165, 1.54) is 6.20 Å². The lowest BCUT2D eigenvalue weighted by Crippen LogP contribution is -2.01.